The van der Waals surface area contributed by atoms with Gasteiger partial charge in [0.05, 0.1) is 0 Å². The topological polar surface area (TPSA) is 44.5 Å². The lowest BCUT2D eigenvalue weighted by molar-refractivity contribution is 0.0877. The Morgan fingerprint density at radius 3 is 2.63 bits per heavy atom. The van der Waals surface area contributed by atoms with Gasteiger partial charge in [-0.15, -0.1) is 0 Å². The maximum atomic E-state index is 5.92. The quantitative estimate of drug-likeness (QED) is 0.638. The van der Waals surface area contributed by atoms with Crippen LogP contribution in [0.15, 0.2) is 24.3 Å². The van der Waals surface area contributed by atoms with E-state index in [9.17, 15) is 0 Å². The molecule has 1 aliphatic rings. The molecule has 1 aromatic rings. The van der Waals surface area contributed by atoms with E-state index in [-0.39, 0.29) is 6.04 Å². The molecule has 106 valence electrons. The van der Waals surface area contributed by atoms with Crippen molar-refractivity contribution < 1.29 is 0 Å². The van der Waals surface area contributed by atoms with Crippen molar-refractivity contribution in [2.45, 2.75) is 18.5 Å². The third-order valence-electron chi connectivity index (χ3n) is 3.95. The second-order valence-corrected chi connectivity index (χ2v) is 5.85. The van der Waals surface area contributed by atoms with Crippen LogP contribution in [0, 0.1) is 0 Å². The predicted octanol–water partition coefficient (Wildman–Crippen LogP) is 0.960. The lowest BCUT2D eigenvalue weighted by Crippen LogP contribution is -2.60. The Morgan fingerprint density at radius 2 is 2.00 bits per heavy atom. The third kappa shape index (κ3) is 3.91. The molecule has 1 fully saturated rings. The molecular formula is C14H23ClN4. The van der Waals surface area contributed by atoms with Crippen LogP contribution in [-0.2, 0) is 6.42 Å². The number of nitrogens with one attached hydrogen (secondary N) is 1. The Kier molecular flexibility index (Phi) is 5.19. The van der Waals surface area contributed by atoms with E-state index in [4.69, 9.17) is 17.4 Å². The van der Waals surface area contributed by atoms with Gasteiger partial charge in [-0.3, -0.25) is 16.2 Å². The summed E-state index contributed by atoms with van der Waals surface area (Å²) in [6.45, 7) is 3.24. The van der Waals surface area contributed by atoms with Gasteiger partial charge in [-0.05, 0) is 38.2 Å². The maximum absolute atomic E-state index is 5.92. The number of rotatable bonds is 4. The molecule has 1 saturated heterocycles. The van der Waals surface area contributed by atoms with E-state index in [0.717, 1.165) is 31.1 Å². The molecule has 19 heavy (non-hydrogen) atoms. The molecule has 0 aromatic heterocycles. The van der Waals surface area contributed by atoms with Crippen molar-refractivity contribution in [1.29, 1.82) is 0 Å². The fourth-order valence-corrected chi connectivity index (χ4v) is 2.79. The molecule has 0 radical (unpaired) electrons. The van der Waals surface area contributed by atoms with E-state index >= 15 is 0 Å². The van der Waals surface area contributed by atoms with Crippen molar-refractivity contribution in [1.82, 2.24) is 15.2 Å². The largest absolute Gasteiger partial charge is 0.303 e. The minimum absolute atomic E-state index is 0.244. The molecule has 1 heterocycles. The first-order valence-electron chi connectivity index (χ1n) is 6.69. The first-order valence-corrected chi connectivity index (χ1v) is 7.07. The molecule has 3 N–H and O–H groups in total. The van der Waals surface area contributed by atoms with Gasteiger partial charge in [0, 0.05) is 36.7 Å². The molecule has 0 spiro atoms. The first-order chi connectivity index (χ1) is 9.10. The minimum Gasteiger partial charge on any atom is -0.303 e. The molecule has 0 saturated carbocycles. The highest BCUT2D eigenvalue weighted by molar-refractivity contribution is 6.30. The van der Waals surface area contributed by atoms with Gasteiger partial charge < -0.3 is 4.90 Å². The summed E-state index contributed by atoms with van der Waals surface area (Å²) in [7, 11) is 4.33. The van der Waals surface area contributed by atoms with E-state index in [1.165, 1.54) is 5.56 Å². The number of hydrazine groups is 1. The monoisotopic (exact) mass is 282 g/mol. The van der Waals surface area contributed by atoms with Crippen LogP contribution < -0.4 is 11.3 Å². The van der Waals surface area contributed by atoms with Crippen LogP contribution in [0.3, 0.4) is 0 Å². The SMILES string of the molecule is CN1CCN(C)C(C(Cc2ccc(Cl)cc2)NN)C1. The van der Waals surface area contributed by atoms with Crippen LogP contribution in [-0.4, -0.2) is 55.6 Å². The average molecular weight is 283 g/mol. The minimum atomic E-state index is 0.244. The van der Waals surface area contributed by atoms with Crippen LogP contribution in [0.5, 0.6) is 0 Å². The number of benzene rings is 1. The van der Waals surface area contributed by atoms with Crippen molar-refractivity contribution in [2.24, 2.45) is 5.84 Å². The summed E-state index contributed by atoms with van der Waals surface area (Å²) in [5.41, 5.74) is 4.24. The van der Waals surface area contributed by atoms with Crippen LogP contribution >= 0.6 is 11.6 Å². The van der Waals surface area contributed by atoms with Crippen LogP contribution in [0.25, 0.3) is 0 Å². The molecule has 0 amide bonds. The summed E-state index contributed by atoms with van der Waals surface area (Å²) >= 11 is 5.92. The highest BCUT2D eigenvalue weighted by Crippen LogP contribution is 2.16. The molecule has 1 aromatic carbocycles. The fourth-order valence-electron chi connectivity index (χ4n) is 2.66. The smallest absolute Gasteiger partial charge is 0.0418 e. The lowest BCUT2D eigenvalue weighted by atomic mass is 9.97. The second-order valence-electron chi connectivity index (χ2n) is 5.41. The van der Waals surface area contributed by atoms with Crippen molar-refractivity contribution in [3.05, 3.63) is 34.9 Å². The highest BCUT2D eigenvalue weighted by atomic mass is 35.5. The molecule has 5 heteroatoms. The Bertz CT molecular complexity index is 395. The predicted molar refractivity (Wildman–Crippen MR) is 80.2 cm³/mol. The number of nitrogens with zero attached hydrogens (tertiary/aromatic N) is 2. The van der Waals surface area contributed by atoms with Crippen LogP contribution in [0.1, 0.15) is 5.56 Å². The molecule has 1 aliphatic heterocycles. The second kappa shape index (κ2) is 6.68. The van der Waals surface area contributed by atoms with Gasteiger partial charge in [0.15, 0.2) is 0 Å². The fraction of sp³-hybridized carbons (Fsp3) is 0.571. The number of hydrogen-bond acceptors (Lipinski definition) is 4. The average Bonchev–Trinajstić information content (AvgIpc) is 2.41. The van der Waals surface area contributed by atoms with Gasteiger partial charge >= 0.3 is 0 Å². The number of halogens is 1. The van der Waals surface area contributed by atoms with E-state index in [0.29, 0.717) is 6.04 Å². The zero-order chi connectivity index (χ0) is 13.8. The van der Waals surface area contributed by atoms with E-state index in [1.807, 2.05) is 12.1 Å². The number of piperazine rings is 1. The number of likely N-dealkylation sites (N-methyl/N-ethyl adjacent to an activating group) is 2. The summed E-state index contributed by atoms with van der Waals surface area (Å²) in [4.78, 5) is 4.75. The summed E-state index contributed by atoms with van der Waals surface area (Å²) in [6.07, 6.45) is 0.913. The molecule has 2 atom stereocenters. The van der Waals surface area contributed by atoms with Crippen molar-refractivity contribution in [3.8, 4) is 0 Å². The van der Waals surface area contributed by atoms with Crippen molar-refractivity contribution >= 4 is 11.6 Å². The van der Waals surface area contributed by atoms with Crippen molar-refractivity contribution in [3.63, 3.8) is 0 Å². The van der Waals surface area contributed by atoms with E-state index in [2.05, 4.69) is 41.5 Å². The lowest BCUT2D eigenvalue weighted by Gasteiger charge is -2.41. The van der Waals surface area contributed by atoms with E-state index in [1.54, 1.807) is 0 Å². The molecular weight excluding hydrogens is 260 g/mol. The molecule has 0 aliphatic carbocycles. The van der Waals surface area contributed by atoms with Gasteiger partial charge in [0.1, 0.15) is 0 Å². The van der Waals surface area contributed by atoms with Gasteiger partial charge in [0.2, 0.25) is 0 Å². The Hall–Kier alpha value is -0.650. The summed E-state index contributed by atoms with van der Waals surface area (Å²) < 4.78 is 0. The van der Waals surface area contributed by atoms with E-state index < -0.39 is 0 Å². The normalized spacial score (nSPS) is 23.5. The summed E-state index contributed by atoms with van der Waals surface area (Å²) in [6, 6.07) is 8.68. The first kappa shape index (κ1) is 14.8. The van der Waals surface area contributed by atoms with Gasteiger partial charge in [0.25, 0.3) is 0 Å². The molecule has 2 rings (SSSR count). The number of nitrogens with two attached hydrogens (primary N) is 1. The zero-order valence-electron chi connectivity index (χ0n) is 11.6. The molecule has 4 nitrogen and oxygen atoms in total. The summed E-state index contributed by atoms with van der Waals surface area (Å²) in [5, 5.41) is 0.774. The Morgan fingerprint density at radius 1 is 1.32 bits per heavy atom. The zero-order valence-corrected chi connectivity index (χ0v) is 12.4. The Labute approximate surface area is 120 Å². The van der Waals surface area contributed by atoms with Crippen molar-refractivity contribution in [2.75, 3.05) is 33.7 Å². The molecule has 0 bridgehead atoms. The third-order valence-corrected chi connectivity index (χ3v) is 4.20. The van der Waals surface area contributed by atoms with Crippen LogP contribution in [0.4, 0.5) is 0 Å². The standard InChI is InChI=1S/C14H23ClN4/c1-18-7-8-19(2)14(10-18)13(17-16)9-11-3-5-12(15)6-4-11/h3-6,13-14,17H,7-10,16H2,1-2H3. The number of hydrogen-bond donors (Lipinski definition) is 2. The van der Waals surface area contributed by atoms with Gasteiger partial charge in [-0.25, -0.2) is 0 Å². The van der Waals surface area contributed by atoms with Gasteiger partial charge in [-0.2, -0.15) is 0 Å². The maximum Gasteiger partial charge on any atom is 0.0418 e. The molecule has 2 unspecified atom stereocenters. The van der Waals surface area contributed by atoms with Gasteiger partial charge in [-0.1, -0.05) is 23.7 Å². The summed E-state index contributed by atoms with van der Waals surface area (Å²) in [5.74, 6) is 5.77. The Balaban J connectivity index is 2.04. The highest BCUT2D eigenvalue weighted by Gasteiger charge is 2.29. The van der Waals surface area contributed by atoms with Crippen LogP contribution in [0.2, 0.25) is 5.02 Å².